The zero-order chi connectivity index (χ0) is 13.3. The van der Waals surface area contributed by atoms with Gasteiger partial charge in [0.25, 0.3) is 0 Å². The van der Waals surface area contributed by atoms with Crippen LogP contribution in [0.25, 0.3) is 0 Å². The lowest BCUT2D eigenvalue weighted by Crippen LogP contribution is -2.30. The summed E-state index contributed by atoms with van der Waals surface area (Å²) in [4.78, 5) is -0.112. The first-order valence-electron chi connectivity index (χ1n) is 5.62. The van der Waals surface area contributed by atoms with Crippen molar-refractivity contribution < 1.29 is 17.9 Å². The maximum Gasteiger partial charge on any atom is 0.243 e. The number of nitrogens with zero attached hydrogens (tertiary/aromatic N) is 1. The highest BCUT2D eigenvalue weighted by molar-refractivity contribution is 7.89. The Labute approximate surface area is 105 Å². The van der Waals surface area contributed by atoms with E-state index in [0.717, 1.165) is 10.4 Å². The van der Waals surface area contributed by atoms with Crippen molar-refractivity contribution in [3.63, 3.8) is 0 Å². The number of aliphatic hydroxyl groups excluding tert-OH is 1. The van der Waals surface area contributed by atoms with Crippen molar-refractivity contribution in [2.45, 2.75) is 24.0 Å². The van der Waals surface area contributed by atoms with Gasteiger partial charge in [-0.3, -0.25) is 0 Å². The molecule has 18 heavy (non-hydrogen) atoms. The molecular formula is C11H15FN2O3S. The molecule has 1 heterocycles. The van der Waals surface area contributed by atoms with Gasteiger partial charge < -0.3 is 10.8 Å². The van der Waals surface area contributed by atoms with Gasteiger partial charge in [-0.1, -0.05) is 6.07 Å². The summed E-state index contributed by atoms with van der Waals surface area (Å²) in [5.41, 5.74) is 5.84. The minimum Gasteiger partial charge on any atom is -0.392 e. The Morgan fingerprint density at radius 3 is 2.78 bits per heavy atom. The Bertz CT molecular complexity index is 547. The molecule has 0 aromatic heterocycles. The summed E-state index contributed by atoms with van der Waals surface area (Å²) in [6.07, 6.45) is -0.262. The second kappa shape index (κ2) is 4.93. The minimum atomic E-state index is -3.78. The first kappa shape index (κ1) is 13.4. The highest BCUT2D eigenvalue weighted by atomic mass is 32.2. The molecule has 0 spiro atoms. The lowest BCUT2D eigenvalue weighted by atomic mass is 10.2. The molecule has 1 aliphatic rings. The molecule has 1 saturated heterocycles. The van der Waals surface area contributed by atoms with E-state index in [-0.39, 0.29) is 24.5 Å². The fourth-order valence-corrected chi connectivity index (χ4v) is 3.74. The van der Waals surface area contributed by atoms with Crippen molar-refractivity contribution in [3.05, 3.63) is 29.6 Å². The molecule has 1 aromatic carbocycles. The van der Waals surface area contributed by atoms with Gasteiger partial charge >= 0.3 is 0 Å². The van der Waals surface area contributed by atoms with Crippen molar-refractivity contribution >= 4 is 10.0 Å². The summed E-state index contributed by atoms with van der Waals surface area (Å²) in [6.45, 7) is 0.304. The van der Waals surface area contributed by atoms with E-state index in [2.05, 4.69) is 0 Å². The summed E-state index contributed by atoms with van der Waals surface area (Å²) in [5, 5.41) is 9.39. The van der Waals surface area contributed by atoms with E-state index in [4.69, 9.17) is 5.73 Å². The average Bonchev–Trinajstić information content (AvgIpc) is 2.76. The maximum atomic E-state index is 13.2. The molecule has 5 nitrogen and oxygen atoms in total. The summed E-state index contributed by atoms with van der Waals surface area (Å²) in [5.74, 6) is -0.620. The fourth-order valence-electron chi connectivity index (χ4n) is 2.01. The first-order chi connectivity index (χ1) is 8.45. The van der Waals surface area contributed by atoms with Crippen LogP contribution in [0.5, 0.6) is 0 Å². The maximum absolute atomic E-state index is 13.2. The lowest BCUT2D eigenvalue weighted by Gasteiger charge is -2.17. The molecule has 1 fully saturated rings. The molecule has 1 aliphatic heterocycles. The third kappa shape index (κ3) is 2.39. The van der Waals surface area contributed by atoms with E-state index in [0.29, 0.717) is 12.0 Å². The van der Waals surface area contributed by atoms with Crippen LogP contribution in [0.15, 0.2) is 23.1 Å². The van der Waals surface area contributed by atoms with Crippen molar-refractivity contribution in [1.82, 2.24) is 4.31 Å². The number of halogens is 1. The third-order valence-electron chi connectivity index (χ3n) is 2.99. The summed E-state index contributed by atoms with van der Waals surface area (Å²) in [7, 11) is -3.78. The van der Waals surface area contributed by atoms with E-state index >= 15 is 0 Å². The zero-order valence-corrected chi connectivity index (χ0v) is 10.5. The monoisotopic (exact) mass is 274 g/mol. The van der Waals surface area contributed by atoms with Gasteiger partial charge in [0.2, 0.25) is 10.0 Å². The molecule has 0 aliphatic carbocycles. The minimum absolute atomic E-state index is 0.0191. The second-order valence-corrected chi connectivity index (χ2v) is 6.17. The van der Waals surface area contributed by atoms with Gasteiger partial charge in [-0.2, -0.15) is 4.31 Å². The highest BCUT2D eigenvalue weighted by Crippen LogP contribution is 2.24. The highest BCUT2D eigenvalue weighted by Gasteiger charge is 2.33. The van der Waals surface area contributed by atoms with Gasteiger partial charge in [0.1, 0.15) is 5.82 Å². The lowest BCUT2D eigenvalue weighted by molar-refractivity contribution is 0.189. The Kier molecular flexibility index (Phi) is 3.67. The molecular weight excluding hydrogens is 259 g/mol. The zero-order valence-electron chi connectivity index (χ0n) is 9.71. The Morgan fingerprint density at radius 1 is 1.50 bits per heavy atom. The molecule has 7 heteroatoms. The number of aliphatic hydroxyl groups is 1. The van der Waals surface area contributed by atoms with Gasteiger partial charge in [-0.25, -0.2) is 12.8 Å². The number of rotatable bonds is 3. The number of benzene rings is 1. The fraction of sp³-hybridized carbons (Fsp3) is 0.455. The first-order valence-corrected chi connectivity index (χ1v) is 7.06. The Balaban J connectivity index is 2.43. The van der Waals surface area contributed by atoms with Crippen molar-refractivity contribution in [3.8, 4) is 0 Å². The van der Waals surface area contributed by atoms with Crippen LogP contribution >= 0.6 is 0 Å². The molecule has 2 rings (SSSR count). The van der Waals surface area contributed by atoms with E-state index in [1.807, 2.05) is 0 Å². The van der Waals surface area contributed by atoms with Gasteiger partial charge in [0.15, 0.2) is 0 Å². The smallest absolute Gasteiger partial charge is 0.243 e. The molecule has 3 N–H and O–H groups in total. The SMILES string of the molecule is NCc1ccc(F)cc1S(=O)(=O)N1CCC(O)C1. The molecule has 0 bridgehead atoms. The predicted octanol–water partition coefficient (Wildman–Crippen LogP) is 0.0397. The number of β-amino-alcohol motifs (C(OH)–C–C–N with tert-alkyl or cyclic N) is 1. The van der Waals surface area contributed by atoms with Gasteiger partial charge in [-0.15, -0.1) is 0 Å². The van der Waals surface area contributed by atoms with E-state index < -0.39 is 21.9 Å². The standard InChI is InChI=1S/C11H15FN2O3S/c12-9-2-1-8(6-13)11(5-9)18(16,17)14-4-3-10(15)7-14/h1-2,5,10,15H,3-4,6-7,13H2. The molecule has 0 radical (unpaired) electrons. The van der Waals surface area contributed by atoms with Crippen LogP contribution in [-0.4, -0.2) is 37.0 Å². The second-order valence-electron chi connectivity index (χ2n) is 4.26. The van der Waals surface area contributed by atoms with Crippen LogP contribution in [0, 0.1) is 5.82 Å². The number of sulfonamides is 1. The Hall–Kier alpha value is -1.02. The quantitative estimate of drug-likeness (QED) is 0.815. The number of hydrogen-bond donors (Lipinski definition) is 2. The van der Waals surface area contributed by atoms with Crippen LogP contribution < -0.4 is 5.73 Å². The van der Waals surface area contributed by atoms with Crippen LogP contribution in [0.4, 0.5) is 4.39 Å². The van der Waals surface area contributed by atoms with Crippen LogP contribution in [0.2, 0.25) is 0 Å². The number of nitrogens with two attached hydrogens (primary N) is 1. The van der Waals surface area contributed by atoms with Gasteiger partial charge in [0, 0.05) is 19.6 Å². The molecule has 0 amide bonds. The summed E-state index contributed by atoms with van der Waals surface area (Å²) >= 11 is 0. The average molecular weight is 274 g/mol. The van der Waals surface area contributed by atoms with Crippen LogP contribution in [0.3, 0.4) is 0 Å². The van der Waals surface area contributed by atoms with Gasteiger partial charge in [0.05, 0.1) is 11.0 Å². The molecule has 0 saturated carbocycles. The van der Waals surface area contributed by atoms with Crippen LogP contribution in [0.1, 0.15) is 12.0 Å². The van der Waals surface area contributed by atoms with Crippen molar-refractivity contribution in [2.24, 2.45) is 5.73 Å². The molecule has 100 valence electrons. The topological polar surface area (TPSA) is 83.6 Å². The molecule has 1 atom stereocenters. The summed E-state index contributed by atoms with van der Waals surface area (Å²) in [6, 6.07) is 3.52. The third-order valence-corrected chi connectivity index (χ3v) is 4.94. The predicted molar refractivity (Wildman–Crippen MR) is 63.7 cm³/mol. The van der Waals surface area contributed by atoms with E-state index in [1.165, 1.54) is 12.1 Å². The van der Waals surface area contributed by atoms with Gasteiger partial charge in [-0.05, 0) is 24.1 Å². The van der Waals surface area contributed by atoms with Crippen molar-refractivity contribution in [1.29, 1.82) is 0 Å². The Morgan fingerprint density at radius 2 is 2.22 bits per heavy atom. The normalized spacial score (nSPS) is 21.4. The molecule has 1 aromatic rings. The number of hydrogen-bond acceptors (Lipinski definition) is 4. The molecule has 1 unspecified atom stereocenters. The van der Waals surface area contributed by atoms with E-state index in [9.17, 15) is 17.9 Å². The largest absolute Gasteiger partial charge is 0.392 e. The van der Waals surface area contributed by atoms with Crippen LogP contribution in [-0.2, 0) is 16.6 Å². The van der Waals surface area contributed by atoms with Crippen molar-refractivity contribution in [2.75, 3.05) is 13.1 Å². The summed E-state index contributed by atoms with van der Waals surface area (Å²) < 4.78 is 39.0. The van der Waals surface area contributed by atoms with E-state index in [1.54, 1.807) is 0 Å².